The van der Waals surface area contributed by atoms with Crippen LogP contribution in [0.3, 0.4) is 0 Å². The molecule has 0 fully saturated rings. The van der Waals surface area contributed by atoms with Crippen molar-refractivity contribution in [1.29, 1.82) is 0 Å². The number of hydrogen-bond donors (Lipinski definition) is 0. The fraction of sp³-hybridized carbons (Fsp3) is 0.190. The smallest absolute Gasteiger partial charge is 0.338 e. The van der Waals surface area contributed by atoms with Crippen LogP contribution in [0.25, 0.3) is 0 Å². The fourth-order valence-corrected chi connectivity index (χ4v) is 3.80. The number of fused-ring (bicyclic) bond motifs is 1. The molecule has 8 nitrogen and oxygen atoms in total. The highest BCUT2D eigenvalue weighted by Gasteiger charge is 2.22. The molecule has 1 aliphatic heterocycles. The average Bonchev–Trinajstić information content (AvgIpc) is 3.41. The number of aromatic nitrogens is 1. The van der Waals surface area contributed by atoms with Gasteiger partial charge in [0.2, 0.25) is 12.7 Å². The van der Waals surface area contributed by atoms with Crippen LogP contribution in [0.5, 0.6) is 17.2 Å². The van der Waals surface area contributed by atoms with Crippen LogP contribution in [0.1, 0.15) is 23.0 Å². The predicted octanol–water partition coefficient (Wildman–Crippen LogP) is 3.92. The average molecular weight is 426 g/mol. The van der Waals surface area contributed by atoms with Crippen LogP contribution >= 0.6 is 11.3 Å². The van der Waals surface area contributed by atoms with E-state index in [4.69, 9.17) is 18.9 Å². The van der Waals surface area contributed by atoms with Crippen LogP contribution in [0.4, 0.5) is 10.8 Å². The van der Waals surface area contributed by atoms with E-state index in [-0.39, 0.29) is 19.3 Å². The summed E-state index contributed by atoms with van der Waals surface area (Å²) in [6.07, 6.45) is 0. The summed E-state index contributed by atoms with van der Waals surface area (Å²) in [7, 11) is 1.54. The standard InChI is InChI=1S/C21H18N2O6S/c1-13(24)23(16-5-3-4-6-17(16)26-2)21-22-15(11-30-21)10-27-20(25)14-7-8-18-19(9-14)29-12-28-18/h3-9,11H,10,12H2,1-2H3. The number of nitrogens with zero attached hydrogens (tertiary/aromatic N) is 2. The van der Waals surface area contributed by atoms with Gasteiger partial charge in [0.25, 0.3) is 0 Å². The van der Waals surface area contributed by atoms with Crippen molar-refractivity contribution in [2.75, 3.05) is 18.8 Å². The Balaban J connectivity index is 1.48. The van der Waals surface area contributed by atoms with Crippen molar-refractivity contribution < 1.29 is 28.5 Å². The summed E-state index contributed by atoms with van der Waals surface area (Å²) >= 11 is 1.27. The van der Waals surface area contributed by atoms with Gasteiger partial charge in [-0.15, -0.1) is 11.3 Å². The number of carbonyl (C=O) groups excluding carboxylic acids is 2. The third-order valence-corrected chi connectivity index (χ3v) is 5.21. The minimum Gasteiger partial charge on any atom is -0.495 e. The molecule has 0 atom stereocenters. The minimum absolute atomic E-state index is 0.0263. The van der Waals surface area contributed by atoms with E-state index in [1.807, 2.05) is 12.1 Å². The van der Waals surface area contributed by atoms with Crippen LogP contribution < -0.4 is 19.1 Å². The lowest BCUT2D eigenvalue weighted by atomic mass is 10.2. The molecule has 1 aromatic heterocycles. The van der Waals surface area contributed by atoms with Gasteiger partial charge < -0.3 is 18.9 Å². The second-order valence-electron chi connectivity index (χ2n) is 6.29. The molecule has 1 amide bonds. The van der Waals surface area contributed by atoms with Gasteiger partial charge in [0, 0.05) is 12.3 Å². The topological polar surface area (TPSA) is 87.2 Å². The highest BCUT2D eigenvalue weighted by Crippen LogP contribution is 2.36. The highest BCUT2D eigenvalue weighted by molar-refractivity contribution is 7.14. The Morgan fingerprint density at radius 2 is 1.97 bits per heavy atom. The van der Waals surface area contributed by atoms with Crippen molar-refractivity contribution in [1.82, 2.24) is 4.98 Å². The molecule has 1 aliphatic rings. The van der Waals surface area contributed by atoms with E-state index >= 15 is 0 Å². The van der Waals surface area contributed by atoms with Gasteiger partial charge in [-0.05, 0) is 30.3 Å². The lowest BCUT2D eigenvalue weighted by Gasteiger charge is -2.20. The number of ether oxygens (including phenoxy) is 4. The molecule has 2 heterocycles. The highest BCUT2D eigenvalue weighted by atomic mass is 32.1. The van der Waals surface area contributed by atoms with Gasteiger partial charge >= 0.3 is 5.97 Å². The molecule has 3 aromatic rings. The van der Waals surface area contributed by atoms with Crippen LogP contribution in [-0.2, 0) is 16.1 Å². The van der Waals surface area contributed by atoms with Gasteiger partial charge in [0.15, 0.2) is 16.6 Å². The largest absolute Gasteiger partial charge is 0.495 e. The van der Waals surface area contributed by atoms with Crippen molar-refractivity contribution in [2.24, 2.45) is 0 Å². The Kier molecular flexibility index (Phi) is 5.53. The molecule has 0 saturated carbocycles. The SMILES string of the molecule is COc1ccccc1N(C(C)=O)c1nc(COC(=O)c2ccc3c(c2)OCO3)cs1. The number of esters is 1. The Labute approximate surface area is 176 Å². The van der Waals surface area contributed by atoms with E-state index in [9.17, 15) is 9.59 Å². The number of amides is 1. The van der Waals surface area contributed by atoms with Crippen molar-refractivity contribution in [2.45, 2.75) is 13.5 Å². The Morgan fingerprint density at radius 1 is 1.17 bits per heavy atom. The van der Waals surface area contributed by atoms with Crippen LogP contribution in [-0.4, -0.2) is 30.8 Å². The van der Waals surface area contributed by atoms with Gasteiger partial charge in [0.1, 0.15) is 12.4 Å². The van der Waals surface area contributed by atoms with Gasteiger partial charge in [0.05, 0.1) is 24.1 Å². The quantitative estimate of drug-likeness (QED) is 0.552. The minimum atomic E-state index is -0.504. The molecule has 0 bridgehead atoms. The molecule has 0 unspecified atom stereocenters. The van der Waals surface area contributed by atoms with Crippen molar-refractivity contribution in [3.63, 3.8) is 0 Å². The summed E-state index contributed by atoms with van der Waals surface area (Å²) in [6.45, 7) is 1.56. The van der Waals surface area contributed by atoms with Gasteiger partial charge in [-0.25, -0.2) is 9.78 Å². The zero-order valence-corrected chi connectivity index (χ0v) is 17.1. The zero-order chi connectivity index (χ0) is 21.1. The number of methoxy groups -OCH3 is 1. The van der Waals surface area contributed by atoms with Crippen molar-refractivity contribution in [3.05, 3.63) is 59.1 Å². The monoisotopic (exact) mass is 426 g/mol. The molecule has 9 heteroatoms. The number of carbonyl (C=O) groups is 2. The van der Waals surface area contributed by atoms with Crippen LogP contribution in [0.2, 0.25) is 0 Å². The summed E-state index contributed by atoms with van der Waals surface area (Å²) in [6, 6.07) is 12.0. The van der Waals surface area contributed by atoms with Crippen molar-refractivity contribution in [3.8, 4) is 17.2 Å². The maximum absolute atomic E-state index is 12.3. The summed E-state index contributed by atoms with van der Waals surface area (Å²) in [5, 5.41) is 2.20. The molecule has 30 heavy (non-hydrogen) atoms. The van der Waals surface area contributed by atoms with Gasteiger partial charge in [-0.3, -0.25) is 9.69 Å². The normalized spacial score (nSPS) is 11.8. The molecular weight excluding hydrogens is 408 g/mol. The first-order chi connectivity index (χ1) is 14.6. The second-order valence-corrected chi connectivity index (χ2v) is 7.13. The summed E-state index contributed by atoms with van der Waals surface area (Å²) in [4.78, 5) is 30.6. The summed E-state index contributed by atoms with van der Waals surface area (Å²) < 4.78 is 21.2. The van der Waals surface area contributed by atoms with E-state index in [2.05, 4.69) is 4.98 Å². The number of benzene rings is 2. The number of thiazole rings is 1. The first-order valence-electron chi connectivity index (χ1n) is 9.01. The zero-order valence-electron chi connectivity index (χ0n) is 16.3. The lowest BCUT2D eigenvalue weighted by molar-refractivity contribution is -0.115. The first kappa shape index (κ1) is 19.7. The van der Waals surface area contributed by atoms with Gasteiger partial charge in [-0.2, -0.15) is 0 Å². The molecule has 4 rings (SSSR count). The molecule has 0 spiro atoms. The molecule has 0 radical (unpaired) electrons. The molecule has 154 valence electrons. The van der Waals surface area contributed by atoms with E-state index in [1.54, 1.807) is 42.8 Å². The van der Waals surface area contributed by atoms with E-state index in [0.29, 0.717) is 39.3 Å². The van der Waals surface area contributed by atoms with E-state index < -0.39 is 5.97 Å². The van der Waals surface area contributed by atoms with Crippen LogP contribution in [0.15, 0.2) is 47.8 Å². The first-order valence-corrected chi connectivity index (χ1v) is 9.89. The third kappa shape index (κ3) is 3.92. The Hall–Kier alpha value is -3.59. The number of anilines is 2. The molecule has 0 aliphatic carbocycles. The second kappa shape index (κ2) is 8.42. The maximum atomic E-state index is 12.3. The molecular formula is C21H18N2O6S. The Bertz CT molecular complexity index is 1100. The number of rotatable bonds is 6. The molecule has 0 N–H and O–H groups in total. The summed E-state index contributed by atoms with van der Waals surface area (Å²) in [5.74, 6) is 0.943. The van der Waals surface area contributed by atoms with E-state index in [1.165, 1.54) is 23.2 Å². The molecule has 0 saturated heterocycles. The number of para-hydroxylation sites is 2. The predicted molar refractivity (Wildman–Crippen MR) is 110 cm³/mol. The van der Waals surface area contributed by atoms with Gasteiger partial charge in [-0.1, -0.05) is 12.1 Å². The number of hydrogen-bond acceptors (Lipinski definition) is 8. The third-order valence-electron chi connectivity index (χ3n) is 4.33. The molecule has 2 aromatic carbocycles. The lowest BCUT2D eigenvalue weighted by Crippen LogP contribution is -2.23. The Morgan fingerprint density at radius 3 is 2.77 bits per heavy atom. The summed E-state index contributed by atoms with van der Waals surface area (Å²) in [5.41, 5.74) is 1.48. The van der Waals surface area contributed by atoms with E-state index in [0.717, 1.165) is 0 Å². The maximum Gasteiger partial charge on any atom is 0.338 e. The van der Waals surface area contributed by atoms with Crippen LogP contribution in [0, 0.1) is 0 Å². The fourth-order valence-electron chi connectivity index (χ4n) is 2.93. The van der Waals surface area contributed by atoms with Crippen molar-refractivity contribution >= 4 is 34.0 Å².